The summed E-state index contributed by atoms with van der Waals surface area (Å²) < 4.78 is 6.15. The highest BCUT2D eigenvalue weighted by Gasteiger charge is 2.25. The van der Waals surface area contributed by atoms with Gasteiger partial charge in [-0.15, -0.1) is 0 Å². The Morgan fingerprint density at radius 3 is 2.62 bits per heavy atom. The van der Waals surface area contributed by atoms with Gasteiger partial charge in [-0.05, 0) is 77.0 Å². The van der Waals surface area contributed by atoms with Crippen LogP contribution in [0.15, 0.2) is 88.8 Å². The van der Waals surface area contributed by atoms with E-state index < -0.39 is 5.97 Å². The molecule has 0 atom stereocenters. The van der Waals surface area contributed by atoms with Gasteiger partial charge in [0.25, 0.3) is 5.91 Å². The van der Waals surface area contributed by atoms with Gasteiger partial charge in [0.05, 0.1) is 16.2 Å². The second-order valence-corrected chi connectivity index (χ2v) is 9.79. The molecule has 4 aromatic rings. The molecule has 0 saturated carbocycles. The number of amidine groups is 1. The molecule has 0 aliphatic carbocycles. The van der Waals surface area contributed by atoms with E-state index in [2.05, 4.69) is 10.3 Å². The van der Waals surface area contributed by atoms with Gasteiger partial charge in [0.1, 0.15) is 12.4 Å². The monoisotopic (exact) mass is 528 g/mol. The van der Waals surface area contributed by atoms with Crippen molar-refractivity contribution >= 4 is 62.9 Å². The number of carbonyl (C=O) groups is 2. The summed E-state index contributed by atoms with van der Waals surface area (Å²) in [4.78, 5) is 29.1. The molecule has 184 valence electrons. The number of nitrogens with one attached hydrogen (secondary N) is 1. The van der Waals surface area contributed by atoms with Crippen molar-refractivity contribution in [2.24, 2.45) is 4.99 Å². The van der Waals surface area contributed by atoms with Crippen LogP contribution in [0.3, 0.4) is 0 Å². The van der Waals surface area contributed by atoms with Crippen LogP contribution < -0.4 is 10.1 Å². The van der Waals surface area contributed by atoms with Crippen molar-refractivity contribution in [3.05, 3.63) is 111 Å². The van der Waals surface area contributed by atoms with Gasteiger partial charge in [-0.3, -0.25) is 4.79 Å². The number of ether oxygens (including phenoxy) is 1. The first-order valence-electron chi connectivity index (χ1n) is 11.4. The fraction of sp³-hybridized carbons (Fsp3) is 0.0690. The minimum atomic E-state index is -0.975. The van der Waals surface area contributed by atoms with Gasteiger partial charge in [0.15, 0.2) is 5.17 Å². The molecule has 1 heterocycles. The molecule has 1 saturated heterocycles. The van der Waals surface area contributed by atoms with Crippen LogP contribution >= 0.6 is 23.4 Å². The van der Waals surface area contributed by atoms with Gasteiger partial charge in [-0.2, -0.15) is 0 Å². The number of fused-ring (bicyclic) bond motifs is 1. The number of carbonyl (C=O) groups excluding carboxylic acids is 1. The Bertz CT molecular complexity index is 1600. The molecule has 0 bridgehead atoms. The highest BCUT2D eigenvalue weighted by Crippen LogP contribution is 2.36. The van der Waals surface area contributed by atoms with Gasteiger partial charge in [0.2, 0.25) is 0 Å². The Labute approximate surface area is 222 Å². The number of aromatic carboxylic acids is 1. The number of carboxylic acids is 1. The van der Waals surface area contributed by atoms with Crippen LogP contribution in [0.2, 0.25) is 5.02 Å². The number of halogens is 1. The molecule has 6 nitrogen and oxygen atoms in total. The third kappa shape index (κ3) is 5.38. The van der Waals surface area contributed by atoms with E-state index in [0.717, 1.165) is 27.5 Å². The Balaban J connectivity index is 1.47. The zero-order valence-electron chi connectivity index (χ0n) is 19.7. The van der Waals surface area contributed by atoms with Crippen LogP contribution in [-0.4, -0.2) is 22.2 Å². The van der Waals surface area contributed by atoms with Crippen molar-refractivity contribution in [2.75, 3.05) is 0 Å². The zero-order chi connectivity index (χ0) is 25.9. The van der Waals surface area contributed by atoms with E-state index in [0.29, 0.717) is 26.5 Å². The predicted octanol–water partition coefficient (Wildman–Crippen LogP) is 6.97. The normalized spacial score (nSPS) is 15.4. The molecule has 1 fully saturated rings. The second kappa shape index (κ2) is 10.5. The van der Waals surface area contributed by atoms with Crippen LogP contribution in [0.4, 0.5) is 5.69 Å². The van der Waals surface area contributed by atoms with E-state index in [4.69, 9.17) is 21.4 Å². The first-order valence-corrected chi connectivity index (χ1v) is 12.6. The third-order valence-electron chi connectivity index (χ3n) is 5.91. The maximum Gasteiger partial charge on any atom is 0.335 e. The molecule has 0 aromatic heterocycles. The third-order valence-corrected chi connectivity index (χ3v) is 7.23. The molecule has 1 amide bonds. The van der Waals surface area contributed by atoms with Crippen molar-refractivity contribution in [1.29, 1.82) is 0 Å². The van der Waals surface area contributed by atoms with Crippen molar-refractivity contribution in [2.45, 2.75) is 13.5 Å². The van der Waals surface area contributed by atoms with E-state index in [-0.39, 0.29) is 18.1 Å². The lowest BCUT2D eigenvalue weighted by Gasteiger charge is -2.13. The zero-order valence-corrected chi connectivity index (χ0v) is 21.3. The van der Waals surface area contributed by atoms with Crippen molar-refractivity contribution in [1.82, 2.24) is 5.32 Å². The Kier molecular flexibility index (Phi) is 6.99. The number of aliphatic imine (C=N–C) groups is 1. The number of hydrogen-bond acceptors (Lipinski definition) is 5. The lowest BCUT2D eigenvalue weighted by atomic mass is 10.0. The van der Waals surface area contributed by atoms with Gasteiger partial charge in [0, 0.05) is 10.6 Å². The molecule has 0 radical (unpaired) electrons. The molecular formula is C29H21ClN2O4S. The highest BCUT2D eigenvalue weighted by atomic mass is 35.5. The minimum absolute atomic E-state index is 0.217. The van der Waals surface area contributed by atoms with E-state index in [1.807, 2.05) is 61.5 Å². The number of rotatable bonds is 6. The average Bonchev–Trinajstić information content (AvgIpc) is 3.24. The van der Waals surface area contributed by atoms with Gasteiger partial charge in [-0.25, -0.2) is 9.79 Å². The Hall–Kier alpha value is -4.07. The first-order chi connectivity index (χ1) is 17.9. The summed E-state index contributed by atoms with van der Waals surface area (Å²) in [5, 5.41) is 15.0. The maximum atomic E-state index is 12.8. The van der Waals surface area contributed by atoms with Crippen LogP contribution in [0, 0.1) is 6.92 Å². The summed E-state index contributed by atoms with van der Waals surface area (Å²) >= 11 is 7.47. The molecule has 37 heavy (non-hydrogen) atoms. The van der Waals surface area contributed by atoms with Crippen molar-refractivity contribution in [3.63, 3.8) is 0 Å². The van der Waals surface area contributed by atoms with Gasteiger partial charge in [-0.1, -0.05) is 60.1 Å². The van der Waals surface area contributed by atoms with E-state index in [1.54, 1.807) is 30.3 Å². The summed E-state index contributed by atoms with van der Waals surface area (Å²) in [6.45, 7) is 2.13. The second-order valence-electron chi connectivity index (χ2n) is 8.35. The summed E-state index contributed by atoms with van der Waals surface area (Å²) in [7, 11) is 0. The smallest absolute Gasteiger partial charge is 0.335 e. The fourth-order valence-electron chi connectivity index (χ4n) is 3.89. The molecule has 2 N–H and O–H groups in total. The maximum absolute atomic E-state index is 12.8. The van der Waals surface area contributed by atoms with Crippen LogP contribution in [0.1, 0.15) is 27.0 Å². The SMILES string of the molecule is Cc1c(Cl)cccc1N=C1NC(=O)/C(=C\c2c(OCc3ccc(C(=O)O)cc3)ccc3ccccc23)S1. The van der Waals surface area contributed by atoms with Crippen LogP contribution in [0.25, 0.3) is 16.8 Å². The highest BCUT2D eigenvalue weighted by molar-refractivity contribution is 8.18. The summed E-state index contributed by atoms with van der Waals surface area (Å²) in [5.74, 6) is -0.610. The van der Waals surface area contributed by atoms with Gasteiger partial charge < -0.3 is 15.2 Å². The standard InChI is InChI=1S/C29H21ClN2O4S/c1-17-23(30)7-4-8-24(17)31-29-32-27(33)26(37-29)15-22-21-6-3-2-5-19(21)13-14-25(22)36-16-18-9-11-20(12-10-18)28(34)35/h2-15H,16H2,1H3,(H,34,35)(H,31,32,33)/b26-15+. The minimum Gasteiger partial charge on any atom is -0.488 e. The lowest BCUT2D eigenvalue weighted by molar-refractivity contribution is -0.115. The number of amides is 1. The van der Waals surface area contributed by atoms with E-state index in [1.165, 1.54) is 11.8 Å². The Morgan fingerprint density at radius 2 is 1.84 bits per heavy atom. The number of nitrogens with zero attached hydrogens (tertiary/aromatic N) is 1. The Morgan fingerprint density at radius 1 is 1.05 bits per heavy atom. The predicted molar refractivity (Wildman–Crippen MR) is 149 cm³/mol. The molecule has 1 aliphatic rings. The summed E-state index contributed by atoms with van der Waals surface area (Å²) in [6, 6.07) is 23.7. The topological polar surface area (TPSA) is 88.0 Å². The molecule has 8 heteroatoms. The fourth-order valence-corrected chi connectivity index (χ4v) is 4.88. The van der Waals surface area contributed by atoms with Crippen molar-refractivity contribution < 1.29 is 19.4 Å². The summed E-state index contributed by atoms with van der Waals surface area (Å²) in [6.07, 6.45) is 1.82. The molecule has 1 aliphatic heterocycles. The molecule has 0 unspecified atom stereocenters. The molecule has 5 rings (SSSR count). The largest absolute Gasteiger partial charge is 0.488 e. The number of hydrogen-bond donors (Lipinski definition) is 2. The van der Waals surface area contributed by atoms with Crippen molar-refractivity contribution in [3.8, 4) is 5.75 Å². The van der Waals surface area contributed by atoms with Crippen LogP contribution in [0.5, 0.6) is 5.75 Å². The quantitative estimate of drug-likeness (QED) is 0.264. The molecule has 4 aromatic carbocycles. The van der Waals surface area contributed by atoms with Gasteiger partial charge >= 0.3 is 5.97 Å². The first kappa shape index (κ1) is 24.6. The number of carboxylic acid groups (broad SMARTS) is 1. The van der Waals surface area contributed by atoms with E-state index >= 15 is 0 Å². The average molecular weight is 529 g/mol. The van der Waals surface area contributed by atoms with Crippen LogP contribution in [-0.2, 0) is 11.4 Å². The summed E-state index contributed by atoms with van der Waals surface area (Å²) in [5.41, 5.74) is 3.36. The molecule has 0 spiro atoms. The van der Waals surface area contributed by atoms with E-state index in [9.17, 15) is 9.59 Å². The lowest BCUT2D eigenvalue weighted by Crippen LogP contribution is -2.19. The number of thioether (sulfide) groups is 1. The number of benzene rings is 4. The molecular weight excluding hydrogens is 508 g/mol.